The lowest BCUT2D eigenvalue weighted by Gasteiger charge is -2.31. The van der Waals surface area contributed by atoms with Crippen LogP contribution in [-0.2, 0) is 4.79 Å². The van der Waals surface area contributed by atoms with Gasteiger partial charge in [0.2, 0.25) is 5.91 Å². The third kappa shape index (κ3) is 5.86. The number of ketones is 1. The molecule has 1 saturated carbocycles. The predicted molar refractivity (Wildman–Crippen MR) is 170 cm³/mol. The van der Waals surface area contributed by atoms with E-state index in [1.165, 1.54) is 0 Å². The average Bonchev–Trinajstić information content (AvgIpc) is 3.44. The molecule has 2 heterocycles. The zero-order valence-corrected chi connectivity index (χ0v) is 24.1. The van der Waals surface area contributed by atoms with Gasteiger partial charge in [0, 0.05) is 72.4 Å². The lowest BCUT2D eigenvalue weighted by Crippen LogP contribution is -2.42. The number of amides is 1. The van der Waals surface area contributed by atoms with Gasteiger partial charge in [0.1, 0.15) is 5.82 Å². The maximum absolute atomic E-state index is 13.8. The largest absolute Gasteiger partial charge is 0.377 e. The number of benzene rings is 3. The number of Topliss-reactive ketones (excluding diaryl/α,β-unsaturated/α-hetero) is 1. The molecule has 0 spiro atoms. The fourth-order valence-corrected chi connectivity index (χ4v) is 6.15. The zero-order valence-electron chi connectivity index (χ0n) is 24.1. The molecule has 1 aliphatic carbocycles. The number of nitrogens with one attached hydrogen (secondary N) is 3. The van der Waals surface area contributed by atoms with Crippen LogP contribution < -0.4 is 15.5 Å². The first-order valence-corrected chi connectivity index (χ1v) is 14.7. The van der Waals surface area contributed by atoms with E-state index in [1.54, 1.807) is 0 Å². The normalized spacial score (nSPS) is 17.6. The Kier molecular flexibility index (Phi) is 7.91. The van der Waals surface area contributed by atoms with Crippen molar-refractivity contribution >= 4 is 45.0 Å². The molecule has 214 valence electrons. The molecule has 3 N–H and O–H groups in total. The van der Waals surface area contributed by atoms with Gasteiger partial charge in [-0.2, -0.15) is 0 Å². The smallest absolute Gasteiger partial charge is 0.228 e. The van der Waals surface area contributed by atoms with Crippen molar-refractivity contribution in [2.75, 3.05) is 24.3 Å². The van der Waals surface area contributed by atoms with Crippen molar-refractivity contribution in [1.82, 2.24) is 15.3 Å². The zero-order chi connectivity index (χ0) is 29.1. The molecule has 6 rings (SSSR count). The molecule has 1 unspecified atom stereocenters. The lowest BCUT2D eigenvalue weighted by molar-refractivity contribution is -0.123. The molecule has 0 radical (unpaired) electrons. The first-order chi connectivity index (χ1) is 20.5. The molecule has 0 bridgehead atoms. The van der Waals surface area contributed by atoms with Crippen molar-refractivity contribution in [3.63, 3.8) is 0 Å². The van der Waals surface area contributed by atoms with E-state index in [-0.39, 0.29) is 30.2 Å². The first kappa shape index (κ1) is 27.5. The van der Waals surface area contributed by atoms with E-state index in [9.17, 15) is 9.59 Å². The fourth-order valence-electron chi connectivity index (χ4n) is 6.15. The minimum Gasteiger partial charge on any atom is -0.377 e. The number of aromatic amines is 1. The Labute approximate surface area is 246 Å². The average molecular weight is 560 g/mol. The lowest BCUT2D eigenvalue weighted by atomic mass is 9.88. The Balaban J connectivity index is 1.14. The van der Waals surface area contributed by atoms with Crippen LogP contribution in [0.15, 0.2) is 91.1 Å². The third-order valence-corrected chi connectivity index (χ3v) is 8.40. The van der Waals surface area contributed by atoms with Crippen LogP contribution in [0.25, 0.3) is 21.8 Å². The Hall–Kier alpha value is -4.65. The number of aromatic nitrogens is 2. The van der Waals surface area contributed by atoms with E-state index < -0.39 is 5.92 Å². The number of H-pyrrole nitrogens is 1. The highest BCUT2D eigenvalue weighted by Gasteiger charge is 2.30. The number of carbonyl (C=O) groups is 2. The molecule has 5 aromatic rings. The maximum atomic E-state index is 13.8. The Bertz CT molecular complexity index is 1700. The first-order valence-electron chi connectivity index (χ1n) is 14.7. The summed E-state index contributed by atoms with van der Waals surface area (Å²) in [6.45, 7) is 0. The summed E-state index contributed by atoms with van der Waals surface area (Å²) < 4.78 is 0. The van der Waals surface area contributed by atoms with E-state index in [1.807, 2.05) is 79.0 Å². The molecule has 1 atom stereocenters. The number of fused-ring (bicyclic) bond motifs is 2. The van der Waals surface area contributed by atoms with Crippen molar-refractivity contribution < 1.29 is 9.59 Å². The van der Waals surface area contributed by atoms with Crippen LogP contribution in [-0.4, -0.2) is 47.8 Å². The van der Waals surface area contributed by atoms with E-state index in [2.05, 4.69) is 46.7 Å². The summed E-state index contributed by atoms with van der Waals surface area (Å²) in [6, 6.07) is 27.8. The topological polar surface area (TPSA) is 90.1 Å². The van der Waals surface area contributed by atoms with Crippen LogP contribution in [0, 0.1) is 0 Å². The standard InChI is InChI=1S/C35H37N5O2/c1-40(2)32-21-34(39-31-15-9-7-13-27(31)32)37-24-16-18-25(19-17-24)38-35(42)28(20-33(41)23-10-4-3-5-11-23)29-22-36-30-14-8-6-12-26(29)30/h3-15,21-22,24-25,28,36H,16-20H2,1-2H3,(H,37,39)(H,38,42). The van der Waals surface area contributed by atoms with E-state index in [0.717, 1.165) is 64.6 Å². The summed E-state index contributed by atoms with van der Waals surface area (Å²) in [5, 5.41) is 9.07. The van der Waals surface area contributed by atoms with Gasteiger partial charge in [-0.15, -0.1) is 0 Å². The van der Waals surface area contributed by atoms with Crippen LogP contribution >= 0.6 is 0 Å². The molecule has 0 aliphatic heterocycles. The number of pyridine rings is 1. The summed E-state index contributed by atoms with van der Waals surface area (Å²) in [5.74, 6) is 0.181. The predicted octanol–water partition coefficient (Wildman–Crippen LogP) is 6.68. The number of anilines is 2. The monoisotopic (exact) mass is 559 g/mol. The molecular formula is C35H37N5O2. The Morgan fingerprint density at radius 2 is 1.55 bits per heavy atom. The highest BCUT2D eigenvalue weighted by atomic mass is 16.2. The van der Waals surface area contributed by atoms with Crippen molar-refractivity contribution in [2.45, 2.75) is 50.1 Å². The van der Waals surface area contributed by atoms with E-state index in [4.69, 9.17) is 4.98 Å². The van der Waals surface area contributed by atoms with Crippen molar-refractivity contribution in [1.29, 1.82) is 0 Å². The van der Waals surface area contributed by atoms with Gasteiger partial charge in [-0.25, -0.2) is 4.98 Å². The fraction of sp³-hybridized carbons (Fsp3) is 0.286. The second-order valence-corrected chi connectivity index (χ2v) is 11.5. The highest BCUT2D eigenvalue weighted by molar-refractivity contribution is 6.01. The van der Waals surface area contributed by atoms with Crippen LogP contribution in [0.3, 0.4) is 0 Å². The van der Waals surface area contributed by atoms with Crippen molar-refractivity contribution in [3.05, 3.63) is 102 Å². The minimum atomic E-state index is -0.573. The Morgan fingerprint density at radius 1 is 0.881 bits per heavy atom. The second-order valence-electron chi connectivity index (χ2n) is 11.5. The summed E-state index contributed by atoms with van der Waals surface area (Å²) in [5.41, 5.74) is 4.56. The van der Waals surface area contributed by atoms with E-state index in [0.29, 0.717) is 5.56 Å². The maximum Gasteiger partial charge on any atom is 0.228 e. The number of hydrogen-bond acceptors (Lipinski definition) is 5. The molecule has 2 aromatic heterocycles. The van der Waals surface area contributed by atoms with Crippen molar-refractivity contribution in [2.24, 2.45) is 0 Å². The van der Waals surface area contributed by atoms with Crippen LogP contribution in [0.2, 0.25) is 0 Å². The molecule has 1 amide bonds. The van der Waals surface area contributed by atoms with Gasteiger partial charge in [0.15, 0.2) is 5.78 Å². The number of para-hydroxylation sites is 2. The van der Waals surface area contributed by atoms with Gasteiger partial charge < -0.3 is 20.5 Å². The molecule has 0 saturated heterocycles. The quantitative estimate of drug-likeness (QED) is 0.175. The molecule has 1 fully saturated rings. The van der Waals surface area contributed by atoms with Gasteiger partial charge >= 0.3 is 0 Å². The van der Waals surface area contributed by atoms with Gasteiger partial charge in [0.25, 0.3) is 0 Å². The third-order valence-electron chi connectivity index (χ3n) is 8.40. The summed E-state index contributed by atoms with van der Waals surface area (Å²) in [7, 11) is 4.10. The number of rotatable bonds is 9. The van der Waals surface area contributed by atoms with Crippen LogP contribution in [0.4, 0.5) is 11.5 Å². The van der Waals surface area contributed by atoms with Crippen LogP contribution in [0.1, 0.15) is 53.9 Å². The summed E-state index contributed by atoms with van der Waals surface area (Å²) in [4.78, 5) is 37.3. The highest BCUT2D eigenvalue weighted by Crippen LogP contribution is 2.32. The van der Waals surface area contributed by atoms with Crippen LogP contribution in [0.5, 0.6) is 0 Å². The summed E-state index contributed by atoms with van der Waals surface area (Å²) in [6.07, 6.45) is 5.59. The van der Waals surface area contributed by atoms with E-state index >= 15 is 0 Å². The molecule has 7 nitrogen and oxygen atoms in total. The molecular weight excluding hydrogens is 522 g/mol. The van der Waals surface area contributed by atoms with Gasteiger partial charge in [0.05, 0.1) is 11.4 Å². The van der Waals surface area contributed by atoms with Crippen molar-refractivity contribution in [3.8, 4) is 0 Å². The number of carbonyl (C=O) groups excluding carboxylic acids is 2. The number of nitrogens with zero attached hydrogens (tertiary/aromatic N) is 2. The molecule has 42 heavy (non-hydrogen) atoms. The molecule has 3 aromatic carbocycles. The van der Waals surface area contributed by atoms with Gasteiger partial charge in [-0.1, -0.05) is 66.7 Å². The van der Waals surface area contributed by atoms with Gasteiger partial charge in [-0.05, 0) is 43.4 Å². The molecule has 7 heteroatoms. The second kappa shape index (κ2) is 12.1. The summed E-state index contributed by atoms with van der Waals surface area (Å²) >= 11 is 0. The molecule has 1 aliphatic rings. The number of hydrogen-bond donors (Lipinski definition) is 3. The SMILES string of the molecule is CN(C)c1cc(NC2CCC(NC(=O)C(CC(=O)c3ccccc3)c3c[nH]c4ccccc34)CC2)nc2ccccc12. The van der Waals surface area contributed by atoms with Gasteiger partial charge in [-0.3, -0.25) is 9.59 Å². The minimum absolute atomic E-state index is 0.0334. The Morgan fingerprint density at radius 3 is 2.31 bits per heavy atom.